The maximum Gasteiger partial charge on any atom is 0.124 e. The lowest BCUT2D eigenvalue weighted by Gasteiger charge is -2.05. The highest BCUT2D eigenvalue weighted by Gasteiger charge is 1.93. The smallest absolute Gasteiger partial charge is 0.124 e. The zero-order chi connectivity index (χ0) is 8.97. The number of hydrogen-bond acceptors (Lipinski definition) is 2. The van der Waals surface area contributed by atoms with Gasteiger partial charge in [-0.1, -0.05) is 6.92 Å². The molecule has 3 heteroatoms. The molecule has 0 spiro atoms. The molecule has 66 valence electrons. The molecule has 1 rings (SSSR count). The molecule has 0 saturated heterocycles. The highest BCUT2D eigenvalue weighted by atomic mass is 32.2. The van der Waals surface area contributed by atoms with Gasteiger partial charge in [-0.3, -0.25) is 5.41 Å². The quantitative estimate of drug-likeness (QED) is 0.712. The molecule has 12 heavy (non-hydrogen) atoms. The first kappa shape index (κ1) is 9.39. The molecule has 0 unspecified atom stereocenters. The number of nitrogens with one attached hydrogen (secondary N) is 1. The van der Waals surface area contributed by atoms with Crippen LogP contribution in [0.5, 0.6) is 0 Å². The highest BCUT2D eigenvalue weighted by Crippen LogP contribution is 2.14. The molecule has 0 bridgehead atoms. The zero-order valence-electron chi connectivity index (χ0n) is 7.50. The molecule has 2 nitrogen and oxygen atoms in total. The SMILES string of the molecule is CCSc1ccc(=N)n(CC)c1. The molecular formula is C9H14N2S. The van der Waals surface area contributed by atoms with Crippen LogP contribution in [0, 0.1) is 5.41 Å². The molecule has 0 aliphatic carbocycles. The van der Waals surface area contributed by atoms with Gasteiger partial charge in [-0.25, -0.2) is 0 Å². The fraction of sp³-hybridized carbons (Fsp3) is 0.444. The van der Waals surface area contributed by atoms with Crippen LogP contribution in [0.15, 0.2) is 23.2 Å². The Morgan fingerprint density at radius 3 is 2.75 bits per heavy atom. The van der Waals surface area contributed by atoms with Crippen LogP contribution in [-0.4, -0.2) is 10.3 Å². The summed E-state index contributed by atoms with van der Waals surface area (Å²) in [4.78, 5) is 1.25. The monoisotopic (exact) mass is 182 g/mol. The molecular weight excluding hydrogens is 168 g/mol. The van der Waals surface area contributed by atoms with E-state index in [1.807, 2.05) is 34.7 Å². The van der Waals surface area contributed by atoms with Gasteiger partial charge in [-0.2, -0.15) is 0 Å². The number of aryl methyl sites for hydroxylation is 1. The van der Waals surface area contributed by atoms with Crippen LogP contribution >= 0.6 is 11.8 Å². The zero-order valence-corrected chi connectivity index (χ0v) is 8.32. The van der Waals surface area contributed by atoms with Crippen LogP contribution < -0.4 is 5.49 Å². The molecule has 0 aliphatic rings. The molecule has 0 amide bonds. The predicted molar refractivity (Wildman–Crippen MR) is 52.4 cm³/mol. The summed E-state index contributed by atoms with van der Waals surface area (Å²) in [5, 5.41) is 7.55. The summed E-state index contributed by atoms with van der Waals surface area (Å²) in [6.45, 7) is 5.06. The van der Waals surface area contributed by atoms with Gasteiger partial charge in [0.1, 0.15) is 5.49 Å². The first-order valence-electron chi connectivity index (χ1n) is 4.15. The van der Waals surface area contributed by atoms with E-state index in [0.29, 0.717) is 5.49 Å². The van der Waals surface area contributed by atoms with E-state index in [2.05, 4.69) is 13.8 Å². The van der Waals surface area contributed by atoms with Crippen molar-refractivity contribution in [2.45, 2.75) is 25.3 Å². The Bertz CT molecular complexity index is 304. The van der Waals surface area contributed by atoms with Crippen LogP contribution in [0.3, 0.4) is 0 Å². The van der Waals surface area contributed by atoms with Gasteiger partial charge >= 0.3 is 0 Å². The maximum atomic E-state index is 7.55. The number of rotatable bonds is 3. The van der Waals surface area contributed by atoms with Gasteiger partial charge in [0.15, 0.2) is 0 Å². The van der Waals surface area contributed by atoms with Crippen molar-refractivity contribution in [3.63, 3.8) is 0 Å². The molecule has 0 radical (unpaired) electrons. The van der Waals surface area contributed by atoms with Gasteiger partial charge in [0.2, 0.25) is 0 Å². The van der Waals surface area contributed by atoms with Crippen molar-refractivity contribution in [2.75, 3.05) is 5.75 Å². The van der Waals surface area contributed by atoms with Gasteiger partial charge in [0, 0.05) is 17.6 Å². The average Bonchev–Trinajstić information content (AvgIpc) is 2.09. The van der Waals surface area contributed by atoms with E-state index in [4.69, 9.17) is 5.41 Å². The van der Waals surface area contributed by atoms with Crippen LogP contribution in [0.2, 0.25) is 0 Å². The van der Waals surface area contributed by atoms with Crippen molar-refractivity contribution in [1.29, 1.82) is 5.41 Å². The van der Waals surface area contributed by atoms with E-state index < -0.39 is 0 Å². The van der Waals surface area contributed by atoms with E-state index in [0.717, 1.165) is 12.3 Å². The summed E-state index contributed by atoms with van der Waals surface area (Å²) in [6, 6.07) is 3.85. The summed E-state index contributed by atoms with van der Waals surface area (Å²) in [6.07, 6.45) is 2.04. The van der Waals surface area contributed by atoms with Crippen molar-refractivity contribution < 1.29 is 0 Å². The molecule has 0 fully saturated rings. The lowest BCUT2D eigenvalue weighted by molar-refractivity contribution is 0.691. The first-order chi connectivity index (χ1) is 5.77. The van der Waals surface area contributed by atoms with Crippen molar-refractivity contribution in [3.8, 4) is 0 Å². The summed E-state index contributed by atoms with van der Waals surface area (Å²) in [7, 11) is 0. The standard InChI is InChI=1S/C9H14N2S/c1-3-11-7-8(12-4-2)5-6-9(11)10/h5-7,10H,3-4H2,1-2H3. The largest absolute Gasteiger partial charge is 0.333 e. The Hall–Kier alpha value is -0.700. The second-order valence-corrected chi connectivity index (χ2v) is 3.81. The minimum atomic E-state index is 0.581. The topological polar surface area (TPSA) is 28.8 Å². The fourth-order valence-corrected chi connectivity index (χ4v) is 1.74. The Labute approximate surface area is 77.1 Å². The molecule has 1 aromatic rings. The van der Waals surface area contributed by atoms with Crippen molar-refractivity contribution in [1.82, 2.24) is 4.57 Å². The van der Waals surface area contributed by atoms with E-state index in [9.17, 15) is 0 Å². The maximum absolute atomic E-state index is 7.55. The van der Waals surface area contributed by atoms with Gasteiger partial charge in [0.25, 0.3) is 0 Å². The molecule has 0 saturated carbocycles. The number of nitrogens with zero attached hydrogens (tertiary/aromatic N) is 1. The van der Waals surface area contributed by atoms with Gasteiger partial charge < -0.3 is 4.57 Å². The van der Waals surface area contributed by atoms with Crippen molar-refractivity contribution in [2.24, 2.45) is 0 Å². The van der Waals surface area contributed by atoms with Crippen LogP contribution in [0.4, 0.5) is 0 Å². The third-order valence-electron chi connectivity index (χ3n) is 1.65. The Kier molecular flexibility index (Phi) is 3.41. The molecule has 1 aromatic heterocycles. The third-order valence-corrected chi connectivity index (χ3v) is 2.51. The second-order valence-electron chi connectivity index (χ2n) is 2.47. The minimum absolute atomic E-state index is 0.581. The molecule has 1 N–H and O–H groups in total. The first-order valence-corrected chi connectivity index (χ1v) is 5.14. The van der Waals surface area contributed by atoms with Gasteiger partial charge in [0.05, 0.1) is 0 Å². The lowest BCUT2D eigenvalue weighted by atomic mass is 10.4. The minimum Gasteiger partial charge on any atom is -0.333 e. The predicted octanol–water partition coefficient (Wildman–Crippen LogP) is 2.10. The van der Waals surface area contributed by atoms with E-state index >= 15 is 0 Å². The van der Waals surface area contributed by atoms with Crippen LogP contribution in [0.25, 0.3) is 0 Å². The van der Waals surface area contributed by atoms with Crippen molar-refractivity contribution in [3.05, 3.63) is 23.8 Å². The normalized spacial score (nSPS) is 10.2. The number of hydrogen-bond donors (Lipinski definition) is 1. The second kappa shape index (κ2) is 4.36. The average molecular weight is 182 g/mol. The van der Waals surface area contributed by atoms with Crippen molar-refractivity contribution >= 4 is 11.8 Å². The van der Waals surface area contributed by atoms with E-state index in [-0.39, 0.29) is 0 Å². The number of aromatic nitrogens is 1. The lowest BCUT2D eigenvalue weighted by Crippen LogP contribution is -2.17. The molecule has 1 heterocycles. The van der Waals surface area contributed by atoms with Crippen LogP contribution in [0.1, 0.15) is 13.8 Å². The van der Waals surface area contributed by atoms with Gasteiger partial charge in [-0.05, 0) is 24.8 Å². The summed E-state index contributed by atoms with van der Waals surface area (Å²) >= 11 is 1.81. The third kappa shape index (κ3) is 2.14. The highest BCUT2D eigenvalue weighted by molar-refractivity contribution is 7.99. The number of thioether (sulfide) groups is 1. The van der Waals surface area contributed by atoms with E-state index in [1.165, 1.54) is 4.90 Å². The Morgan fingerprint density at radius 2 is 2.17 bits per heavy atom. The van der Waals surface area contributed by atoms with Crippen LogP contribution in [-0.2, 0) is 6.54 Å². The van der Waals surface area contributed by atoms with E-state index in [1.54, 1.807) is 0 Å². The molecule has 0 aliphatic heterocycles. The summed E-state index contributed by atoms with van der Waals surface area (Å²) in [5.74, 6) is 1.08. The fourth-order valence-electron chi connectivity index (χ4n) is 1.04. The Balaban J connectivity index is 2.97. The van der Waals surface area contributed by atoms with Gasteiger partial charge in [-0.15, -0.1) is 11.8 Å². The summed E-state index contributed by atoms with van der Waals surface area (Å²) in [5.41, 5.74) is 0.581. The number of pyridine rings is 1. The molecule has 0 aromatic carbocycles. The Morgan fingerprint density at radius 1 is 1.42 bits per heavy atom. The summed E-state index contributed by atoms with van der Waals surface area (Å²) < 4.78 is 1.94. The molecule has 0 atom stereocenters.